The van der Waals surface area contributed by atoms with Gasteiger partial charge in [0, 0.05) is 64.2 Å². The van der Waals surface area contributed by atoms with Crippen molar-refractivity contribution in [3.63, 3.8) is 0 Å². The minimum atomic E-state index is 0. The van der Waals surface area contributed by atoms with Crippen LogP contribution in [0.4, 0.5) is 0 Å². The maximum Gasteiger partial charge on any atom is 0.190 e. The molecular formula is C19H37IN6S. The summed E-state index contributed by atoms with van der Waals surface area (Å²) >= 11 is 1.79. The Morgan fingerprint density at radius 3 is 2.41 bits per heavy atom. The number of rotatable bonds is 8. The molecule has 1 aliphatic rings. The van der Waals surface area contributed by atoms with Gasteiger partial charge in [0.25, 0.3) is 0 Å². The first-order valence-corrected chi connectivity index (χ1v) is 10.7. The molecule has 1 aliphatic heterocycles. The average molecular weight is 509 g/mol. The van der Waals surface area contributed by atoms with Crippen LogP contribution in [0.1, 0.15) is 29.4 Å². The number of guanidine groups is 1. The summed E-state index contributed by atoms with van der Waals surface area (Å²) in [6, 6.07) is 0. The van der Waals surface area contributed by atoms with Crippen molar-refractivity contribution in [3.05, 3.63) is 15.6 Å². The van der Waals surface area contributed by atoms with E-state index in [1.165, 1.54) is 42.6 Å². The third-order valence-corrected chi connectivity index (χ3v) is 6.16. The van der Waals surface area contributed by atoms with Crippen LogP contribution < -0.4 is 10.6 Å². The lowest BCUT2D eigenvalue weighted by Crippen LogP contribution is -2.48. The van der Waals surface area contributed by atoms with Crippen LogP contribution in [-0.4, -0.2) is 80.1 Å². The summed E-state index contributed by atoms with van der Waals surface area (Å²) in [5, 5.41) is 8.07. The minimum absolute atomic E-state index is 0. The Balaban J connectivity index is 0.00000364. The molecule has 0 radical (unpaired) electrons. The highest BCUT2D eigenvalue weighted by Crippen LogP contribution is 2.16. The molecule has 0 aromatic carbocycles. The fourth-order valence-corrected chi connectivity index (χ4v) is 4.15. The molecule has 2 rings (SSSR count). The van der Waals surface area contributed by atoms with Gasteiger partial charge >= 0.3 is 0 Å². The Bertz CT molecular complexity index is 549. The van der Waals surface area contributed by atoms with Gasteiger partial charge in [0.2, 0.25) is 0 Å². The second-order valence-electron chi connectivity index (χ2n) is 7.22. The first-order chi connectivity index (χ1) is 12.5. The Morgan fingerprint density at radius 1 is 1.19 bits per heavy atom. The first kappa shape index (κ1) is 24.6. The average Bonchev–Trinajstić information content (AvgIpc) is 2.96. The summed E-state index contributed by atoms with van der Waals surface area (Å²) in [5.74, 6) is 1.49. The molecule has 1 unspecified atom stereocenters. The second kappa shape index (κ2) is 12.9. The van der Waals surface area contributed by atoms with Gasteiger partial charge < -0.3 is 20.4 Å². The van der Waals surface area contributed by atoms with Gasteiger partial charge in [0.15, 0.2) is 5.96 Å². The molecule has 2 N–H and O–H groups in total. The maximum absolute atomic E-state index is 4.59. The van der Waals surface area contributed by atoms with Gasteiger partial charge in [0.1, 0.15) is 0 Å². The van der Waals surface area contributed by atoms with E-state index in [9.17, 15) is 0 Å². The highest BCUT2D eigenvalue weighted by Gasteiger charge is 2.17. The van der Waals surface area contributed by atoms with Crippen LogP contribution in [0.5, 0.6) is 0 Å². The molecule has 27 heavy (non-hydrogen) atoms. The molecule has 0 saturated carbocycles. The van der Waals surface area contributed by atoms with Crippen LogP contribution in [0, 0.1) is 19.8 Å². The lowest BCUT2D eigenvalue weighted by atomic mass is 10.1. The number of thiazole rings is 1. The number of hydrogen-bond acceptors (Lipinski definition) is 5. The van der Waals surface area contributed by atoms with Crippen molar-refractivity contribution in [3.8, 4) is 0 Å². The summed E-state index contributed by atoms with van der Waals surface area (Å²) in [4.78, 5) is 15.4. The Hall–Kier alpha value is -0.450. The number of likely N-dealkylation sites (N-methyl/N-ethyl adjacent to an activating group) is 1. The van der Waals surface area contributed by atoms with E-state index < -0.39 is 0 Å². The molecular weight excluding hydrogens is 471 g/mol. The third kappa shape index (κ3) is 8.62. The van der Waals surface area contributed by atoms with E-state index in [1.54, 1.807) is 11.3 Å². The van der Waals surface area contributed by atoms with Gasteiger partial charge in [-0.1, -0.05) is 13.8 Å². The van der Waals surface area contributed by atoms with Gasteiger partial charge in [-0.2, -0.15) is 0 Å². The van der Waals surface area contributed by atoms with Gasteiger partial charge in [0.05, 0.1) is 10.7 Å². The predicted octanol–water partition coefficient (Wildman–Crippen LogP) is 2.36. The fourth-order valence-electron chi connectivity index (χ4n) is 3.22. The summed E-state index contributed by atoms with van der Waals surface area (Å²) < 4.78 is 0. The lowest BCUT2D eigenvalue weighted by Gasteiger charge is -2.35. The van der Waals surface area contributed by atoms with Gasteiger partial charge in [-0.25, -0.2) is 4.98 Å². The molecule has 0 bridgehead atoms. The zero-order valence-corrected chi connectivity index (χ0v) is 20.7. The predicted molar refractivity (Wildman–Crippen MR) is 128 cm³/mol. The van der Waals surface area contributed by atoms with Crippen LogP contribution >= 0.6 is 35.3 Å². The molecule has 6 nitrogen and oxygen atoms in total. The van der Waals surface area contributed by atoms with E-state index in [0.29, 0.717) is 5.92 Å². The molecule has 2 heterocycles. The second-order valence-corrected chi connectivity index (χ2v) is 8.51. The van der Waals surface area contributed by atoms with E-state index in [4.69, 9.17) is 0 Å². The van der Waals surface area contributed by atoms with Crippen LogP contribution in [0.2, 0.25) is 0 Å². The smallest absolute Gasteiger partial charge is 0.190 e. The highest BCUT2D eigenvalue weighted by molar-refractivity contribution is 14.0. The molecule has 1 saturated heterocycles. The van der Waals surface area contributed by atoms with Crippen LogP contribution in [0.3, 0.4) is 0 Å². The number of aromatic nitrogens is 1. The summed E-state index contributed by atoms with van der Waals surface area (Å²) in [6.45, 7) is 17.7. The summed E-state index contributed by atoms with van der Waals surface area (Å²) in [7, 11) is 1.83. The summed E-state index contributed by atoms with van der Waals surface area (Å²) in [5.41, 5.74) is 1.15. The van der Waals surface area contributed by atoms with Crippen molar-refractivity contribution >= 4 is 41.3 Å². The van der Waals surface area contributed by atoms with E-state index in [-0.39, 0.29) is 24.0 Å². The van der Waals surface area contributed by atoms with Crippen molar-refractivity contribution in [2.45, 2.75) is 34.1 Å². The van der Waals surface area contributed by atoms with Crippen molar-refractivity contribution in [2.24, 2.45) is 10.9 Å². The number of aryl methyl sites for hydroxylation is 2. The lowest BCUT2D eigenvalue weighted by molar-refractivity contribution is 0.124. The fraction of sp³-hybridized carbons (Fsp3) is 0.789. The maximum atomic E-state index is 4.59. The van der Waals surface area contributed by atoms with E-state index in [2.05, 4.69) is 58.1 Å². The quantitative estimate of drug-likeness (QED) is 0.321. The van der Waals surface area contributed by atoms with Gasteiger partial charge in [-0.15, -0.1) is 35.3 Å². The third-order valence-electron chi connectivity index (χ3n) is 5.03. The normalized spacial score (nSPS) is 17.4. The SMILES string of the molecule is CCN1CCN(CC(C)CNC(=NC)NCCc2nc(C)c(C)s2)CC1.I. The Labute approximate surface area is 186 Å². The number of nitrogens with zero attached hydrogens (tertiary/aromatic N) is 4. The molecule has 8 heteroatoms. The van der Waals surface area contributed by atoms with E-state index in [1.807, 2.05) is 7.05 Å². The zero-order chi connectivity index (χ0) is 18.9. The van der Waals surface area contributed by atoms with Crippen LogP contribution in [-0.2, 0) is 6.42 Å². The standard InChI is InChI=1S/C19H36N6S.HI/c1-6-24-9-11-25(12-10-24)14-15(2)13-22-19(20-5)21-8-7-18-23-16(3)17(4)26-18;/h15H,6-14H2,1-5H3,(H2,20,21,22);1H. The number of hydrogen-bond donors (Lipinski definition) is 2. The molecule has 0 amide bonds. The van der Waals surface area contributed by atoms with Crippen LogP contribution in [0.15, 0.2) is 4.99 Å². The molecule has 1 aromatic rings. The largest absolute Gasteiger partial charge is 0.356 e. The molecule has 0 aliphatic carbocycles. The Morgan fingerprint density at radius 2 is 1.85 bits per heavy atom. The minimum Gasteiger partial charge on any atom is -0.356 e. The Kier molecular flexibility index (Phi) is 11.7. The van der Waals surface area contributed by atoms with Crippen molar-refractivity contribution in [2.75, 3.05) is 59.4 Å². The van der Waals surface area contributed by atoms with Gasteiger partial charge in [-0.3, -0.25) is 4.99 Å². The molecule has 1 fully saturated rings. The van der Waals surface area contributed by atoms with Crippen LogP contribution in [0.25, 0.3) is 0 Å². The van der Waals surface area contributed by atoms with Crippen molar-refractivity contribution in [1.82, 2.24) is 25.4 Å². The molecule has 0 spiro atoms. The summed E-state index contributed by atoms with van der Waals surface area (Å²) in [6.07, 6.45) is 0.942. The number of nitrogens with one attached hydrogen (secondary N) is 2. The zero-order valence-electron chi connectivity index (χ0n) is 17.5. The number of aliphatic imine (C=N–C) groups is 1. The topological polar surface area (TPSA) is 55.8 Å². The molecule has 1 atom stereocenters. The van der Waals surface area contributed by atoms with E-state index in [0.717, 1.165) is 37.7 Å². The van der Waals surface area contributed by atoms with E-state index >= 15 is 0 Å². The monoisotopic (exact) mass is 508 g/mol. The van der Waals surface area contributed by atoms with Gasteiger partial charge in [-0.05, 0) is 26.3 Å². The highest BCUT2D eigenvalue weighted by atomic mass is 127. The number of halogens is 1. The first-order valence-electron chi connectivity index (χ1n) is 9.84. The number of piperazine rings is 1. The molecule has 1 aromatic heterocycles. The molecule has 156 valence electrons. The van der Waals surface area contributed by atoms with Crippen molar-refractivity contribution < 1.29 is 0 Å². The van der Waals surface area contributed by atoms with Crippen molar-refractivity contribution in [1.29, 1.82) is 0 Å².